The van der Waals surface area contributed by atoms with Crippen molar-refractivity contribution in [3.05, 3.63) is 24.8 Å². The van der Waals surface area contributed by atoms with Crippen LogP contribution in [0, 0.1) is 0 Å². The number of ether oxygens (including phenoxy) is 2. The molecule has 0 aliphatic carbocycles. The molecule has 0 fully saturated rings. The number of unbranched alkanes of at least 4 members (excludes halogenated alkanes) is 1. The van der Waals surface area contributed by atoms with Gasteiger partial charge in [-0.3, -0.25) is 0 Å². The third-order valence-electron chi connectivity index (χ3n) is 2.62. The number of rotatable bonds is 9. The summed E-state index contributed by atoms with van der Waals surface area (Å²) in [7, 11) is 0. The minimum atomic E-state index is -1.20. The van der Waals surface area contributed by atoms with Crippen LogP contribution < -0.4 is 0 Å². The molecule has 0 bridgehead atoms. The van der Waals surface area contributed by atoms with Crippen molar-refractivity contribution in [1.82, 2.24) is 0 Å². The summed E-state index contributed by atoms with van der Waals surface area (Å²) < 4.78 is 10.7. The normalized spacial score (nSPS) is 13.2. The highest BCUT2D eigenvalue weighted by Gasteiger charge is 2.36. The molecule has 0 rings (SSSR count). The second-order valence-electron chi connectivity index (χ2n) is 4.56. The molecule has 0 amide bonds. The minimum Gasteiger partial charge on any atom is -0.419 e. The molecule has 1 atom stereocenters. The summed E-state index contributed by atoms with van der Waals surface area (Å²) in [5.41, 5.74) is 0.284. The zero-order valence-electron chi connectivity index (χ0n) is 12.2. The van der Waals surface area contributed by atoms with Crippen molar-refractivity contribution in [3.8, 4) is 0 Å². The number of carbonyl (C=O) groups is 2. The average Bonchev–Trinajstić information content (AvgIpc) is 2.36. The van der Waals surface area contributed by atoms with Crippen LogP contribution in [-0.4, -0.2) is 17.7 Å². The third-order valence-corrected chi connectivity index (χ3v) is 2.62. The van der Waals surface area contributed by atoms with Gasteiger partial charge in [0.25, 0.3) is 5.79 Å². The van der Waals surface area contributed by atoms with Gasteiger partial charge < -0.3 is 9.47 Å². The Morgan fingerprint density at radius 1 is 1.16 bits per heavy atom. The first-order valence-corrected chi connectivity index (χ1v) is 6.65. The molecule has 0 aliphatic heterocycles. The summed E-state index contributed by atoms with van der Waals surface area (Å²) in [6, 6.07) is 0. The van der Waals surface area contributed by atoms with Crippen LogP contribution in [0.4, 0.5) is 0 Å². The molecule has 0 saturated heterocycles. The van der Waals surface area contributed by atoms with Gasteiger partial charge in [0.2, 0.25) is 0 Å². The van der Waals surface area contributed by atoms with Crippen LogP contribution in [0.25, 0.3) is 0 Å². The molecule has 19 heavy (non-hydrogen) atoms. The van der Waals surface area contributed by atoms with Crippen molar-refractivity contribution in [2.24, 2.45) is 0 Å². The highest BCUT2D eigenvalue weighted by atomic mass is 16.7. The largest absolute Gasteiger partial charge is 0.419 e. The molecule has 0 heterocycles. The van der Waals surface area contributed by atoms with Crippen molar-refractivity contribution in [2.45, 2.75) is 58.7 Å². The first kappa shape index (κ1) is 17.4. The van der Waals surface area contributed by atoms with Crippen LogP contribution in [-0.2, 0) is 19.1 Å². The van der Waals surface area contributed by atoms with Gasteiger partial charge in [0.15, 0.2) is 0 Å². The lowest BCUT2D eigenvalue weighted by Crippen LogP contribution is -2.40. The fraction of sp³-hybridized carbons (Fsp3) is 0.600. The lowest BCUT2D eigenvalue weighted by molar-refractivity contribution is -0.228. The molecule has 0 aromatic carbocycles. The quantitative estimate of drug-likeness (QED) is 0.365. The van der Waals surface area contributed by atoms with Crippen LogP contribution >= 0.6 is 0 Å². The van der Waals surface area contributed by atoms with Crippen molar-refractivity contribution in [1.29, 1.82) is 0 Å². The summed E-state index contributed by atoms with van der Waals surface area (Å²) in [6.45, 7) is 12.4. The molecule has 0 aromatic rings. The van der Waals surface area contributed by atoms with E-state index in [0.29, 0.717) is 12.8 Å². The molecule has 0 aliphatic rings. The maximum atomic E-state index is 11.7. The Labute approximate surface area is 115 Å². The van der Waals surface area contributed by atoms with E-state index >= 15 is 0 Å². The van der Waals surface area contributed by atoms with Gasteiger partial charge in [-0.2, -0.15) is 0 Å². The molecule has 108 valence electrons. The molecule has 0 radical (unpaired) electrons. The zero-order chi connectivity index (χ0) is 14.9. The summed E-state index contributed by atoms with van der Waals surface area (Å²) >= 11 is 0. The Morgan fingerprint density at radius 3 is 2.21 bits per heavy atom. The Hall–Kier alpha value is -1.58. The predicted molar refractivity (Wildman–Crippen MR) is 74.4 cm³/mol. The SMILES string of the molecule is C=CC(=O)OC(CCC)(CCCC)OC(=O)C(=C)C. The minimum absolute atomic E-state index is 0.284. The number of hydrogen-bond donors (Lipinski definition) is 0. The fourth-order valence-electron chi connectivity index (χ4n) is 1.66. The Balaban J connectivity index is 5.09. The zero-order valence-corrected chi connectivity index (χ0v) is 12.2. The van der Waals surface area contributed by atoms with E-state index in [1.165, 1.54) is 0 Å². The molecule has 0 N–H and O–H groups in total. The van der Waals surface area contributed by atoms with E-state index in [-0.39, 0.29) is 5.57 Å². The maximum Gasteiger partial charge on any atom is 0.336 e. The number of esters is 2. The molecule has 0 spiro atoms. The van der Waals surface area contributed by atoms with Gasteiger partial charge >= 0.3 is 11.9 Å². The van der Waals surface area contributed by atoms with E-state index in [1.54, 1.807) is 6.92 Å². The summed E-state index contributed by atoms with van der Waals surface area (Å²) in [6.07, 6.45) is 4.47. The van der Waals surface area contributed by atoms with Crippen molar-refractivity contribution < 1.29 is 19.1 Å². The number of hydrogen-bond acceptors (Lipinski definition) is 4. The van der Waals surface area contributed by atoms with Crippen molar-refractivity contribution in [2.75, 3.05) is 0 Å². The lowest BCUT2D eigenvalue weighted by Gasteiger charge is -2.32. The van der Waals surface area contributed by atoms with E-state index in [1.807, 2.05) is 13.8 Å². The summed E-state index contributed by atoms with van der Waals surface area (Å²) in [4.78, 5) is 23.2. The Morgan fingerprint density at radius 2 is 1.79 bits per heavy atom. The van der Waals surface area contributed by atoms with Crippen molar-refractivity contribution >= 4 is 11.9 Å². The summed E-state index contributed by atoms with van der Waals surface area (Å²) in [5.74, 6) is -2.33. The molecule has 0 saturated carbocycles. The topological polar surface area (TPSA) is 52.6 Å². The standard InChI is InChI=1S/C15H24O4/c1-6-9-11-15(10-7-2,18-13(16)8-3)19-14(17)12(4)5/h8H,3-4,6-7,9-11H2,1-2,5H3. The van der Waals surface area contributed by atoms with Gasteiger partial charge in [-0.05, 0) is 19.8 Å². The fourth-order valence-corrected chi connectivity index (χ4v) is 1.66. The second-order valence-corrected chi connectivity index (χ2v) is 4.56. The molecular weight excluding hydrogens is 244 g/mol. The molecule has 4 nitrogen and oxygen atoms in total. The summed E-state index contributed by atoms with van der Waals surface area (Å²) in [5, 5.41) is 0. The predicted octanol–water partition coefficient (Wildman–Crippen LogP) is 3.52. The number of carbonyl (C=O) groups excluding carboxylic acids is 2. The van der Waals surface area contributed by atoms with E-state index in [2.05, 4.69) is 13.2 Å². The molecule has 0 aromatic heterocycles. The van der Waals surface area contributed by atoms with Crippen LogP contribution in [0.15, 0.2) is 24.8 Å². The van der Waals surface area contributed by atoms with E-state index in [4.69, 9.17) is 9.47 Å². The van der Waals surface area contributed by atoms with Gasteiger partial charge in [-0.1, -0.05) is 33.4 Å². The molecular formula is C15H24O4. The third kappa shape index (κ3) is 6.22. The monoisotopic (exact) mass is 268 g/mol. The van der Waals surface area contributed by atoms with Gasteiger partial charge in [0.1, 0.15) is 0 Å². The molecule has 1 unspecified atom stereocenters. The first-order valence-electron chi connectivity index (χ1n) is 6.65. The maximum absolute atomic E-state index is 11.7. The highest BCUT2D eigenvalue weighted by molar-refractivity contribution is 5.87. The van der Waals surface area contributed by atoms with Gasteiger partial charge in [0, 0.05) is 24.5 Å². The van der Waals surface area contributed by atoms with E-state index < -0.39 is 17.7 Å². The van der Waals surface area contributed by atoms with Gasteiger partial charge in [-0.25, -0.2) is 9.59 Å². The van der Waals surface area contributed by atoms with Gasteiger partial charge in [0.05, 0.1) is 0 Å². The average molecular weight is 268 g/mol. The van der Waals surface area contributed by atoms with Crippen LogP contribution in [0.1, 0.15) is 52.9 Å². The van der Waals surface area contributed by atoms with E-state index in [9.17, 15) is 9.59 Å². The highest BCUT2D eigenvalue weighted by Crippen LogP contribution is 2.28. The Bertz CT molecular complexity index is 346. The van der Waals surface area contributed by atoms with Crippen LogP contribution in [0.2, 0.25) is 0 Å². The van der Waals surface area contributed by atoms with Gasteiger partial charge in [-0.15, -0.1) is 0 Å². The Kier molecular flexibility index (Phi) is 7.80. The smallest absolute Gasteiger partial charge is 0.336 e. The molecule has 4 heteroatoms. The van der Waals surface area contributed by atoms with E-state index in [0.717, 1.165) is 25.3 Å². The van der Waals surface area contributed by atoms with Crippen LogP contribution in [0.5, 0.6) is 0 Å². The second kappa shape index (κ2) is 8.51. The lowest BCUT2D eigenvalue weighted by atomic mass is 10.0. The first-order chi connectivity index (χ1) is 8.90. The van der Waals surface area contributed by atoms with Crippen LogP contribution in [0.3, 0.4) is 0 Å². The van der Waals surface area contributed by atoms with Crippen molar-refractivity contribution in [3.63, 3.8) is 0 Å².